The molecule has 0 fully saturated rings. The van der Waals surface area contributed by atoms with Crippen molar-refractivity contribution in [3.8, 4) is 17.6 Å². The highest BCUT2D eigenvalue weighted by Crippen LogP contribution is 2.31. The SMILES string of the molecule is COc1ccc(/C(C#N)=C/c2coc3ccc(OC)cc3c2=O)c([N+](=O)[O-])c1. The quantitative estimate of drug-likeness (QED) is 0.377. The van der Waals surface area contributed by atoms with Gasteiger partial charge in [0.2, 0.25) is 0 Å². The molecule has 8 heteroatoms. The first-order valence-electron chi connectivity index (χ1n) is 8.02. The topological polar surface area (TPSA) is 116 Å². The third-order valence-corrected chi connectivity index (χ3v) is 4.12. The number of methoxy groups -OCH3 is 2. The average Bonchev–Trinajstić information content (AvgIpc) is 2.72. The molecule has 0 radical (unpaired) electrons. The fourth-order valence-corrected chi connectivity index (χ4v) is 2.69. The van der Waals surface area contributed by atoms with Crippen molar-refractivity contribution in [1.29, 1.82) is 5.26 Å². The number of nitro benzene ring substituents is 1. The van der Waals surface area contributed by atoms with Crippen LogP contribution in [0, 0.1) is 21.4 Å². The fraction of sp³-hybridized carbons (Fsp3) is 0.100. The molecule has 0 saturated heterocycles. The van der Waals surface area contributed by atoms with Crippen LogP contribution < -0.4 is 14.9 Å². The smallest absolute Gasteiger partial charge is 0.281 e. The number of fused-ring (bicyclic) bond motifs is 1. The maximum absolute atomic E-state index is 12.8. The third-order valence-electron chi connectivity index (χ3n) is 4.12. The van der Waals surface area contributed by atoms with Gasteiger partial charge in [-0.05, 0) is 36.4 Å². The predicted octanol–water partition coefficient (Wildman–Crippen LogP) is 3.78. The number of nitriles is 1. The normalized spacial score (nSPS) is 11.1. The molecule has 28 heavy (non-hydrogen) atoms. The van der Waals surface area contributed by atoms with Gasteiger partial charge in [-0.25, -0.2) is 0 Å². The number of nitro groups is 1. The van der Waals surface area contributed by atoms with Crippen LogP contribution >= 0.6 is 0 Å². The zero-order valence-corrected chi connectivity index (χ0v) is 15.0. The van der Waals surface area contributed by atoms with Gasteiger partial charge in [0.05, 0.1) is 47.3 Å². The molecule has 0 spiro atoms. The van der Waals surface area contributed by atoms with Gasteiger partial charge in [0.1, 0.15) is 29.4 Å². The minimum atomic E-state index is -0.614. The lowest BCUT2D eigenvalue weighted by molar-refractivity contribution is -0.385. The number of nitrogens with zero attached hydrogens (tertiary/aromatic N) is 2. The second kappa shape index (κ2) is 7.63. The van der Waals surface area contributed by atoms with Crippen LogP contribution in [0.3, 0.4) is 0 Å². The molecule has 0 unspecified atom stereocenters. The van der Waals surface area contributed by atoms with Gasteiger partial charge >= 0.3 is 0 Å². The first-order chi connectivity index (χ1) is 13.5. The summed E-state index contributed by atoms with van der Waals surface area (Å²) in [6.45, 7) is 0. The van der Waals surface area contributed by atoms with E-state index in [1.54, 1.807) is 12.1 Å². The first kappa shape index (κ1) is 18.7. The molecule has 0 amide bonds. The summed E-state index contributed by atoms with van der Waals surface area (Å²) in [7, 11) is 2.86. The molecule has 0 aliphatic rings. The Morgan fingerprint density at radius 3 is 2.50 bits per heavy atom. The van der Waals surface area contributed by atoms with E-state index in [2.05, 4.69) is 0 Å². The van der Waals surface area contributed by atoms with Crippen molar-refractivity contribution in [2.24, 2.45) is 0 Å². The van der Waals surface area contributed by atoms with Crippen LogP contribution in [0.1, 0.15) is 11.1 Å². The highest BCUT2D eigenvalue weighted by molar-refractivity contribution is 5.93. The van der Waals surface area contributed by atoms with Crippen molar-refractivity contribution in [1.82, 2.24) is 0 Å². The summed E-state index contributed by atoms with van der Waals surface area (Å²) >= 11 is 0. The largest absolute Gasteiger partial charge is 0.497 e. The van der Waals surface area contributed by atoms with Gasteiger partial charge in [0.15, 0.2) is 5.43 Å². The minimum absolute atomic E-state index is 0.0519. The number of allylic oxidation sites excluding steroid dienone is 1. The Kier molecular flexibility index (Phi) is 5.09. The van der Waals surface area contributed by atoms with E-state index in [0.29, 0.717) is 11.3 Å². The van der Waals surface area contributed by atoms with Gasteiger partial charge in [-0.15, -0.1) is 0 Å². The molecule has 8 nitrogen and oxygen atoms in total. The van der Waals surface area contributed by atoms with Gasteiger partial charge < -0.3 is 13.9 Å². The van der Waals surface area contributed by atoms with Crippen molar-refractivity contribution < 1.29 is 18.8 Å². The number of hydrogen-bond donors (Lipinski definition) is 0. The maximum Gasteiger partial charge on any atom is 0.281 e. The molecular formula is C20H14N2O6. The second-order valence-corrected chi connectivity index (χ2v) is 5.69. The van der Waals surface area contributed by atoms with E-state index in [1.165, 1.54) is 50.8 Å². The molecule has 0 atom stereocenters. The van der Waals surface area contributed by atoms with Crippen LogP contribution in [0.15, 0.2) is 51.9 Å². The zero-order chi connectivity index (χ0) is 20.3. The molecule has 0 N–H and O–H groups in total. The second-order valence-electron chi connectivity index (χ2n) is 5.69. The van der Waals surface area contributed by atoms with E-state index in [4.69, 9.17) is 13.9 Å². The number of rotatable bonds is 5. The lowest BCUT2D eigenvalue weighted by atomic mass is 10.0. The lowest BCUT2D eigenvalue weighted by Crippen LogP contribution is -2.05. The highest BCUT2D eigenvalue weighted by atomic mass is 16.6. The summed E-state index contributed by atoms with van der Waals surface area (Å²) in [5, 5.41) is 21.2. The van der Waals surface area contributed by atoms with Crippen molar-refractivity contribution in [2.45, 2.75) is 0 Å². The molecule has 3 aromatic rings. The molecule has 2 aromatic carbocycles. The van der Waals surface area contributed by atoms with Gasteiger partial charge in [-0.1, -0.05) is 0 Å². The van der Waals surface area contributed by atoms with E-state index in [9.17, 15) is 20.2 Å². The minimum Gasteiger partial charge on any atom is -0.497 e. The van der Waals surface area contributed by atoms with Gasteiger partial charge in [0, 0.05) is 0 Å². The first-order valence-corrected chi connectivity index (χ1v) is 8.02. The van der Waals surface area contributed by atoms with E-state index in [-0.39, 0.29) is 39.0 Å². The van der Waals surface area contributed by atoms with Gasteiger partial charge in [0.25, 0.3) is 5.69 Å². The van der Waals surface area contributed by atoms with Crippen LogP contribution in [0.4, 0.5) is 5.69 Å². The zero-order valence-electron chi connectivity index (χ0n) is 15.0. The summed E-state index contributed by atoms with van der Waals surface area (Å²) in [6, 6.07) is 10.8. The Labute approximate surface area is 159 Å². The van der Waals surface area contributed by atoms with Crippen molar-refractivity contribution >= 4 is 28.3 Å². The van der Waals surface area contributed by atoms with Crippen LogP contribution in [0.5, 0.6) is 11.5 Å². The third kappa shape index (κ3) is 3.41. The Balaban J connectivity index is 2.19. The maximum atomic E-state index is 12.8. The molecule has 140 valence electrons. The predicted molar refractivity (Wildman–Crippen MR) is 102 cm³/mol. The van der Waals surface area contributed by atoms with E-state index >= 15 is 0 Å². The summed E-state index contributed by atoms with van der Waals surface area (Å²) < 4.78 is 15.6. The van der Waals surface area contributed by atoms with Crippen LogP contribution in [0.25, 0.3) is 22.6 Å². The number of hydrogen-bond acceptors (Lipinski definition) is 7. The number of benzene rings is 2. The molecule has 0 saturated carbocycles. The molecule has 3 rings (SSSR count). The monoisotopic (exact) mass is 378 g/mol. The summed E-state index contributed by atoms with van der Waals surface area (Å²) in [5.74, 6) is 0.761. The van der Waals surface area contributed by atoms with E-state index < -0.39 is 4.92 Å². The van der Waals surface area contributed by atoms with Gasteiger partial charge in [-0.2, -0.15) is 5.26 Å². The lowest BCUT2D eigenvalue weighted by Gasteiger charge is -2.05. The molecule has 0 bridgehead atoms. The van der Waals surface area contributed by atoms with Crippen molar-refractivity contribution in [2.75, 3.05) is 14.2 Å². The molecule has 1 heterocycles. The average molecular weight is 378 g/mol. The Hall–Kier alpha value is -4.12. The summed E-state index contributed by atoms with van der Waals surface area (Å²) in [5.41, 5.74) is -0.232. The van der Waals surface area contributed by atoms with Crippen molar-refractivity contribution in [3.05, 3.63) is 74.1 Å². The molecule has 1 aromatic heterocycles. The standard InChI is InChI=1S/C20H14N2O6/c1-26-14-4-6-19-17(8-14)20(23)13(11-28-19)7-12(10-21)16-5-3-15(27-2)9-18(16)22(24)25/h3-9,11H,1-2H3/b12-7+. The van der Waals surface area contributed by atoms with Crippen LogP contribution in [-0.4, -0.2) is 19.1 Å². The molecular weight excluding hydrogens is 364 g/mol. The Morgan fingerprint density at radius 1 is 1.18 bits per heavy atom. The molecule has 0 aliphatic heterocycles. The Morgan fingerprint density at radius 2 is 1.86 bits per heavy atom. The summed E-state index contributed by atoms with van der Waals surface area (Å²) in [6.07, 6.45) is 2.48. The number of ether oxygens (including phenoxy) is 2. The molecule has 0 aliphatic carbocycles. The van der Waals surface area contributed by atoms with Crippen LogP contribution in [-0.2, 0) is 0 Å². The van der Waals surface area contributed by atoms with Gasteiger partial charge in [-0.3, -0.25) is 14.9 Å². The van der Waals surface area contributed by atoms with Crippen LogP contribution in [0.2, 0.25) is 0 Å². The Bertz CT molecular complexity index is 1200. The highest BCUT2D eigenvalue weighted by Gasteiger charge is 2.19. The van der Waals surface area contributed by atoms with E-state index in [1.807, 2.05) is 6.07 Å². The van der Waals surface area contributed by atoms with Crippen molar-refractivity contribution in [3.63, 3.8) is 0 Å². The fourth-order valence-electron chi connectivity index (χ4n) is 2.69. The van der Waals surface area contributed by atoms with E-state index in [0.717, 1.165) is 0 Å². The summed E-state index contributed by atoms with van der Waals surface area (Å²) in [4.78, 5) is 23.6.